The van der Waals surface area contributed by atoms with Gasteiger partial charge in [-0.05, 0) is 154 Å². The Morgan fingerprint density at radius 3 is 2.34 bits per heavy atom. The number of aromatic nitrogens is 6. The van der Waals surface area contributed by atoms with Gasteiger partial charge in [0.05, 0.1) is 44.1 Å². The fourth-order valence-corrected chi connectivity index (χ4v) is 13.0. The van der Waals surface area contributed by atoms with Gasteiger partial charge in [0.25, 0.3) is 5.91 Å². The summed E-state index contributed by atoms with van der Waals surface area (Å²) in [5.74, 6) is 0.387. The Hall–Kier alpha value is -8.65. The predicted molar refractivity (Wildman–Crippen MR) is 336 cm³/mol. The highest BCUT2D eigenvalue weighted by molar-refractivity contribution is 7.22. The Balaban J connectivity index is 0.744. The zero-order valence-electron chi connectivity index (χ0n) is 49.8. The number of anilines is 2. The number of pyridine rings is 1. The lowest BCUT2D eigenvalue weighted by atomic mass is 9.85. The van der Waals surface area contributed by atoms with Gasteiger partial charge in [0.2, 0.25) is 11.8 Å². The van der Waals surface area contributed by atoms with Crippen molar-refractivity contribution in [3.8, 4) is 33.1 Å². The number of benzene rings is 5. The average molecular weight is 1190 g/mol. The summed E-state index contributed by atoms with van der Waals surface area (Å²) in [6, 6.07) is 37.0. The molecule has 0 radical (unpaired) electrons. The highest BCUT2D eigenvalue weighted by Gasteiger charge is 2.45. The van der Waals surface area contributed by atoms with E-state index in [4.69, 9.17) is 14.5 Å². The van der Waals surface area contributed by atoms with Crippen molar-refractivity contribution in [3.63, 3.8) is 0 Å². The van der Waals surface area contributed by atoms with Crippen LogP contribution in [-0.4, -0.2) is 94.5 Å². The number of aliphatic hydroxyl groups excluding tert-OH is 1. The van der Waals surface area contributed by atoms with Crippen LogP contribution in [-0.2, 0) is 40.1 Å². The quantitative estimate of drug-likeness (QED) is 0.0771. The molecule has 0 spiro atoms. The number of amides is 3. The Morgan fingerprint density at radius 1 is 0.837 bits per heavy atom. The number of para-hydroxylation sites is 1. The summed E-state index contributed by atoms with van der Waals surface area (Å²) in [6.45, 7) is 18.3. The maximum atomic E-state index is 14.6. The number of nitrogens with zero attached hydrogens (tertiary/aromatic N) is 8. The van der Waals surface area contributed by atoms with Crippen molar-refractivity contribution in [2.75, 3.05) is 23.3 Å². The van der Waals surface area contributed by atoms with E-state index in [0.717, 1.165) is 59.7 Å². The van der Waals surface area contributed by atoms with Crippen LogP contribution in [0.4, 0.5) is 10.9 Å². The summed E-state index contributed by atoms with van der Waals surface area (Å²) in [6.07, 6.45) is 2.94. The maximum absolute atomic E-state index is 14.6. The highest BCUT2D eigenvalue weighted by atomic mass is 32.1. The lowest BCUT2D eigenvalue weighted by Gasteiger charge is -2.34. The van der Waals surface area contributed by atoms with Gasteiger partial charge in [-0.1, -0.05) is 110 Å². The van der Waals surface area contributed by atoms with E-state index in [9.17, 15) is 24.3 Å². The molecule has 6 heterocycles. The molecule has 3 amide bonds. The van der Waals surface area contributed by atoms with Gasteiger partial charge in [0, 0.05) is 43.4 Å². The molecule has 5 aromatic carbocycles. The fourth-order valence-electron chi connectivity index (χ4n) is 11.3. The minimum Gasteiger partial charge on any atom is -0.457 e. The van der Waals surface area contributed by atoms with E-state index in [2.05, 4.69) is 41.9 Å². The Labute approximate surface area is 508 Å². The van der Waals surface area contributed by atoms with Crippen LogP contribution >= 0.6 is 22.7 Å². The van der Waals surface area contributed by atoms with Crippen LogP contribution in [0, 0.1) is 19.3 Å². The molecule has 86 heavy (non-hydrogen) atoms. The van der Waals surface area contributed by atoms with Gasteiger partial charge in [-0.2, -0.15) is 0 Å². The van der Waals surface area contributed by atoms with Crippen molar-refractivity contribution in [2.24, 2.45) is 5.41 Å². The molecule has 11 rings (SSSR count). The minimum absolute atomic E-state index is 0.0310. The van der Waals surface area contributed by atoms with E-state index in [1.54, 1.807) is 22.2 Å². The van der Waals surface area contributed by atoms with Gasteiger partial charge >= 0.3 is 5.97 Å². The molecule has 1 fully saturated rings. The first-order valence-electron chi connectivity index (χ1n) is 29.0. The molecule has 4 aromatic heterocycles. The first-order valence-corrected chi connectivity index (χ1v) is 30.7. The molecule has 442 valence electrons. The van der Waals surface area contributed by atoms with Crippen LogP contribution in [0.25, 0.3) is 31.8 Å². The van der Waals surface area contributed by atoms with Gasteiger partial charge in [0.1, 0.15) is 35.0 Å². The molecule has 4 atom stereocenters. The lowest BCUT2D eigenvalue weighted by Crippen LogP contribution is -2.50. The zero-order chi connectivity index (χ0) is 60.6. The number of hydrogen-bond donors (Lipinski definition) is 3. The fraction of sp³-hybridized carbons (Fsp3) is 0.328. The third kappa shape index (κ3) is 12.9. The van der Waals surface area contributed by atoms with Crippen LogP contribution < -0.4 is 20.3 Å². The number of β-amino-alcohol motifs (C(OH)–C–C–N with tert-alkyl or cyclic N) is 1. The number of ether oxygens (including phenoxy) is 2. The molecule has 2 aliphatic heterocycles. The molecule has 9 aromatic rings. The summed E-state index contributed by atoms with van der Waals surface area (Å²) in [4.78, 5) is 75.3. The highest BCUT2D eigenvalue weighted by Crippen LogP contribution is 2.39. The number of esters is 1. The standard InChI is InChI=1S/C67H70N10O7S2/c1-39-49(50-30-31-57(71-58(50)64(82)84-67(7,8)9)75-33-32-44-14-12-16-51(52(44)37-75)61(79)72-65-70-53-17-10-11-19-56(53)86-65)15-13-18-55(39)83-48-28-21-42(22-29-48)20-27-46-35-77(74-73-46)60(66(4,5)6)63(81)76-36-47(78)34-54(76)62(80)69-40(2)43-23-25-45(26-24-43)59-41(3)68-38-85-59/h10-19,21-26,28-31,35,38,40,47,54,60,78H,20,27,32-34,36-37H2,1-9H3,(H,69,80)(H,70,72,79)/t40?,47-,54+,60?/m1/s1. The first-order chi connectivity index (χ1) is 41.1. The van der Waals surface area contributed by atoms with Crippen molar-refractivity contribution in [2.45, 2.75) is 124 Å². The number of thiazole rings is 2. The van der Waals surface area contributed by atoms with Crippen molar-refractivity contribution < 1.29 is 33.8 Å². The van der Waals surface area contributed by atoms with E-state index in [1.807, 2.05) is 183 Å². The largest absolute Gasteiger partial charge is 0.457 e. The van der Waals surface area contributed by atoms with E-state index >= 15 is 0 Å². The maximum Gasteiger partial charge on any atom is 0.358 e. The van der Waals surface area contributed by atoms with E-state index in [0.29, 0.717) is 71.6 Å². The summed E-state index contributed by atoms with van der Waals surface area (Å²) in [7, 11) is 0. The summed E-state index contributed by atoms with van der Waals surface area (Å²) in [5, 5.41) is 26.5. The minimum atomic E-state index is -0.860. The predicted octanol–water partition coefficient (Wildman–Crippen LogP) is 12.5. The molecular weight excluding hydrogens is 1120 g/mol. The summed E-state index contributed by atoms with van der Waals surface area (Å²) < 4.78 is 15.1. The molecule has 0 bridgehead atoms. The van der Waals surface area contributed by atoms with Crippen molar-refractivity contribution in [1.29, 1.82) is 0 Å². The SMILES string of the molecule is Cc1ncsc1-c1ccc(C(C)NC(=O)[C@@H]2C[C@@H](O)CN2C(=O)C(n2cc(CCc3ccc(Oc4cccc(-c5ccc(N6CCc7cccc(C(=O)Nc8nc9ccccc9s8)c7C6)nc5C(=O)OC(C)(C)C)c4C)cc3)nn2)C(C)(C)C)cc1. The lowest BCUT2D eigenvalue weighted by molar-refractivity contribution is -0.144. The number of carbonyl (C=O) groups excluding carboxylic acids is 4. The zero-order valence-corrected chi connectivity index (χ0v) is 51.4. The molecule has 2 aliphatic rings. The van der Waals surface area contributed by atoms with Crippen molar-refractivity contribution >= 4 is 67.5 Å². The smallest absolute Gasteiger partial charge is 0.358 e. The number of nitrogens with one attached hydrogen (secondary N) is 2. The van der Waals surface area contributed by atoms with Crippen LogP contribution in [0.2, 0.25) is 0 Å². The normalized spacial score (nSPS) is 15.9. The number of aryl methyl sites for hydroxylation is 3. The number of hydrogen-bond acceptors (Lipinski definition) is 15. The molecular formula is C67H70N10O7S2. The second-order valence-electron chi connectivity index (χ2n) is 24.3. The van der Waals surface area contributed by atoms with E-state index < -0.39 is 35.2 Å². The molecule has 19 heteroatoms. The third-order valence-electron chi connectivity index (χ3n) is 15.7. The third-order valence-corrected chi connectivity index (χ3v) is 17.7. The molecule has 2 unspecified atom stereocenters. The first kappa shape index (κ1) is 59.1. The van der Waals surface area contributed by atoms with Gasteiger partial charge in [-0.25, -0.2) is 24.4 Å². The van der Waals surface area contributed by atoms with Crippen LogP contribution in [0.5, 0.6) is 11.5 Å². The van der Waals surface area contributed by atoms with Gasteiger partial charge in [0.15, 0.2) is 10.8 Å². The topological polar surface area (TPSA) is 207 Å². The molecule has 1 saturated heterocycles. The average Bonchev–Trinajstić information content (AvgIpc) is 1.73. The molecule has 3 N–H and O–H groups in total. The van der Waals surface area contributed by atoms with Crippen LogP contribution in [0.15, 0.2) is 133 Å². The van der Waals surface area contributed by atoms with Crippen molar-refractivity contribution in [1.82, 2.24) is 40.2 Å². The summed E-state index contributed by atoms with van der Waals surface area (Å²) in [5.41, 5.74) is 10.8. The van der Waals surface area contributed by atoms with Crippen molar-refractivity contribution in [3.05, 3.63) is 183 Å². The van der Waals surface area contributed by atoms with Crippen LogP contribution in [0.1, 0.15) is 127 Å². The summed E-state index contributed by atoms with van der Waals surface area (Å²) >= 11 is 3.02. The number of rotatable bonds is 16. The second kappa shape index (κ2) is 24.4. The molecule has 0 aliphatic carbocycles. The number of fused-ring (bicyclic) bond motifs is 2. The van der Waals surface area contributed by atoms with E-state index in [1.165, 1.54) is 16.2 Å². The van der Waals surface area contributed by atoms with Gasteiger partial charge in [-0.15, -0.1) is 16.4 Å². The number of likely N-dealkylation sites (tertiary alicyclic amines) is 1. The molecule has 17 nitrogen and oxygen atoms in total. The van der Waals surface area contributed by atoms with E-state index in [-0.39, 0.29) is 42.4 Å². The Bertz CT molecular complexity index is 3960. The monoisotopic (exact) mass is 1190 g/mol. The number of aliphatic hydroxyl groups is 1. The van der Waals surface area contributed by atoms with Gasteiger partial charge < -0.3 is 29.7 Å². The van der Waals surface area contributed by atoms with Crippen LogP contribution in [0.3, 0.4) is 0 Å². The Morgan fingerprint density at radius 2 is 1.60 bits per heavy atom. The second-order valence-corrected chi connectivity index (χ2v) is 26.2. The molecule has 0 saturated carbocycles. The van der Waals surface area contributed by atoms with Gasteiger partial charge in [-0.3, -0.25) is 19.7 Å². The Kier molecular flexibility index (Phi) is 16.8. The number of carbonyl (C=O) groups is 4.